The van der Waals surface area contributed by atoms with Gasteiger partial charge in [-0.2, -0.15) is 4.80 Å². The maximum absolute atomic E-state index is 9.76. The first kappa shape index (κ1) is 14.1. The summed E-state index contributed by atoms with van der Waals surface area (Å²) in [6.45, 7) is -0.408. The van der Waals surface area contributed by atoms with Crippen LogP contribution in [0.5, 0.6) is 0 Å². The highest BCUT2D eigenvalue weighted by molar-refractivity contribution is 9.10. The highest BCUT2D eigenvalue weighted by Gasteiger charge is 2.34. The van der Waals surface area contributed by atoms with Gasteiger partial charge in [0.1, 0.15) is 0 Å². The number of rotatable bonds is 5. The summed E-state index contributed by atoms with van der Waals surface area (Å²) in [4.78, 5) is 1.36. The van der Waals surface area contributed by atoms with E-state index < -0.39 is 5.41 Å². The third kappa shape index (κ3) is 2.83. The van der Waals surface area contributed by atoms with E-state index in [9.17, 15) is 10.2 Å². The van der Waals surface area contributed by atoms with Gasteiger partial charge in [0.05, 0.1) is 20.3 Å². The molecule has 19 heavy (non-hydrogen) atoms. The average molecular weight is 327 g/mol. The minimum Gasteiger partial charge on any atom is -0.395 e. The molecule has 0 saturated carbocycles. The lowest BCUT2D eigenvalue weighted by atomic mass is 9.79. The van der Waals surface area contributed by atoms with Crippen molar-refractivity contribution in [3.8, 4) is 0 Å². The van der Waals surface area contributed by atoms with Crippen molar-refractivity contribution in [2.24, 2.45) is 7.05 Å². The summed E-state index contributed by atoms with van der Waals surface area (Å²) in [7, 11) is 1.68. The van der Waals surface area contributed by atoms with Gasteiger partial charge in [0.2, 0.25) is 0 Å². The molecule has 6 nitrogen and oxygen atoms in total. The van der Waals surface area contributed by atoms with Crippen LogP contribution in [0.3, 0.4) is 0 Å². The Balaban J connectivity index is 2.40. The molecule has 0 aliphatic heterocycles. The van der Waals surface area contributed by atoms with Crippen molar-refractivity contribution < 1.29 is 10.2 Å². The Bertz CT molecular complexity index is 554. The number of aromatic nitrogens is 4. The van der Waals surface area contributed by atoms with E-state index in [4.69, 9.17) is 0 Å². The zero-order chi connectivity index (χ0) is 13.9. The maximum Gasteiger partial charge on any atom is 0.175 e. The molecule has 2 N–H and O–H groups in total. The number of aliphatic hydroxyl groups excluding tert-OH is 2. The van der Waals surface area contributed by atoms with Gasteiger partial charge in [-0.3, -0.25) is 0 Å². The second-order valence-corrected chi connectivity index (χ2v) is 5.30. The summed E-state index contributed by atoms with van der Waals surface area (Å²) in [5.41, 5.74) is -0.00389. The van der Waals surface area contributed by atoms with Gasteiger partial charge in [0.15, 0.2) is 5.82 Å². The predicted octanol–water partition coefficient (Wildman–Crippen LogP) is 0.438. The lowest BCUT2D eigenvalue weighted by Crippen LogP contribution is -2.38. The monoisotopic (exact) mass is 326 g/mol. The Hall–Kier alpha value is -1.31. The fraction of sp³-hybridized carbons (Fsp3) is 0.417. The summed E-state index contributed by atoms with van der Waals surface area (Å²) in [5.74, 6) is 0.487. The molecule has 0 aliphatic carbocycles. The van der Waals surface area contributed by atoms with Crippen molar-refractivity contribution in [3.05, 3.63) is 40.1 Å². The van der Waals surface area contributed by atoms with Crippen molar-refractivity contribution in [1.82, 2.24) is 20.2 Å². The van der Waals surface area contributed by atoms with Crippen LogP contribution in [0.15, 0.2) is 28.7 Å². The fourth-order valence-corrected chi connectivity index (χ4v) is 2.72. The standard InChI is InChI=1S/C12H15BrN4O2/c1-17-15-11(14-16-17)6-12(7-18,8-19)9-4-2-3-5-10(9)13/h2-5,18-19H,6-8H2,1H3. The third-order valence-electron chi connectivity index (χ3n) is 3.10. The van der Waals surface area contributed by atoms with Crippen LogP contribution >= 0.6 is 15.9 Å². The van der Waals surface area contributed by atoms with Gasteiger partial charge in [-0.05, 0) is 16.8 Å². The largest absolute Gasteiger partial charge is 0.395 e. The van der Waals surface area contributed by atoms with Crippen molar-refractivity contribution in [2.45, 2.75) is 11.8 Å². The third-order valence-corrected chi connectivity index (χ3v) is 3.79. The van der Waals surface area contributed by atoms with Gasteiger partial charge in [-0.15, -0.1) is 10.2 Å². The molecule has 1 heterocycles. The minimum atomic E-state index is -0.830. The van der Waals surface area contributed by atoms with Crippen molar-refractivity contribution in [3.63, 3.8) is 0 Å². The molecule has 1 aromatic heterocycles. The Morgan fingerprint density at radius 3 is 2.47 bits per heavy atom. The van der Waals surface area contributed by atoms with Crippen LogP contribution < -0.4 is 0 Å². The second-order valence-electron chi connectivity index (χ2n) is 4.45. The van der Waals surface area contributed by atoms with E-state index in [1.54, 1.807) is 7.05 Å². The molecular formula is C12H15BrN4O2. The van der Waals surface area contributed by atoms with Crippen LogP contribution in [0.2, 0.25) is 0 Å². The quantitative estimate of drug-likeness (QED) is 0.832. The number of benzene rings is 1. The highest BCUT2D eigenvalue weighted by Crippen LogP contribution is 2.32. The molecule has 0 spiro atoms. The normalized spacial score (nSPS) is 11.8. The first-order valence-corrected chi connectivity index (χ1v) is 6.60. The highest BCUT2D eigenvalue weighted by atomic mass is 79.9. The summed E-state index contributed by atoms with van der Waals surface area (Å²) >= 11 is 3.45. The van der Waals surface area contributed by atoms with Crippen molar-refractivity contribution in [1.29, 1.82) is 0 Å². The number of halogens is 1. The van der Waals surface area contributed by atoms with E-state index >= 15 is 0 Å². The topological polar surface area (TPSA) is 84.1 Å². The fourth-order valence-electron chi connectivity index (χ4n) is 2.02. The molecular weight excluding hydrogens is 312 g/mol. The SMILES string of the molecule is Cn1nnc(CC(CO)(CO)c2ccccc2Br)n1. The second kappa shape index (κ2) is 5.77. The Kier molecular flexibility index (Phi) is 4.28. The Morgan fingerprint density at radius 1 is 1.26 bits per heavy atom. The molecule has 0 aliphatic rings. The van der Waals surface area contributed by atoms with Crippen molar-refractivity contribution >= 4 is 15.9 Å². The Labute approximate surface area is 119 Å². The van der Waals surface area contributed by atoms with Gasteiger partial charge in [0, 0.05) is 16.3 Å². The molecule has 0 atom stereocenters. The molecule has 0 fully saturated rings. The summed E-state index contributed by atoms with van der Waals surface area (Å²) in [6, 6.07) is 7.49. The predicted molar refractivity (Wildman–Crippen MR) is 72.5 cm³/mol. The average Bonchev–Trinajstić information content (AvgIpc) is 2.82. The number of nitrogens with zero attached hydrogens (tertiary/aromatic N) is 4. The molecule has 102 valence electrons. The molecule has 0 unspecified atom stereocenters. The number of tetrazole rings is 1. The minimum absolute atomic E-state index is 0.204. The first-order chi connectivity index (χ1) is 9.11. The van der Waals surface area contributed by atoms with Crippen LogP contribution in [-0.2, 0) is 18.9 Å². The van der Waals surface area contributed by atoms with E-state index in [1.165, 1.54) is 4.80 Å². The number of hydrogen-bond donors (Lipinski definition) is 2. The first-order valence-electron chi connectivity index (χ1n) is 5.81. The molecule has 0 radical (unpaired) electrons. The molecule has 0 bridgehead atoms. The summed E-state index contributed by atoms with van der Waals surface area (Å²) in [5, 5.41) is 31.3. The van der Waals surface area contributed by atoms with E-state index in [0.717, 1.165) is 10.0 Å². The maximum atomic E-state index is 9.76. The van der Waals surface area contributed by atoms with Gasteiger partial charge < -0.3 is 10.2 Å². The van der Waals surface area contributed by atoms with E-state index in [-0.39, 0.29) is 13.2 Å². The van der Waals surface area contributed by atoms with Crippen LogP contribution in [0.1, 0.15) is 11.4 Å². The number of hydrogen-bond acceptors (Lipinski definition) is 5. The van der Waals surface area contributed by atoms with E-state index in [1.807, 2.05) is 24.3 Å². The van der Waals surface area contributed by atoms with Crippen LogP contribution in [0.4, 0.5) is 0 Å². The van der Waals surface area contributed by atoms with Gasteiger partial charge in [-0.25, -0.2) is 0 Å². The molecule has 0 amide bonds. The number of aryl methyl sites for hydroxylation is 1. The molecule has 2 rings (SSSR count). The Morgan fingerprint density at radius 2 is 1.95 bits per heavy atom. The molecule has 0 saturated heterocycles. The van der Waals surface area contributed by atoms with E-state index in [2.05, 4.69) is 31.3 Å². The lowest BCUT2D eigenvalue weighted by Gasteiger charge is -2.30. The molecule has 1 aromatic carbocycles. The van der Waals surface area contributed by atoms with Gasteiger partial charge in [0.25, 0.3) is 0 Å². The van der Waals surface area contributed by atoms with Gasteiger partial charge >= 0.3 is 0 Å². The zero-order valence-electron chi connectivity index (χ0n) is 10.5. The molecule has 2 aromatic rings. The molecule has 7 heteroatoms. The summed E-state index contributed by atoms with van der Waals surface area (Å²) in [6.07, 6.45) is 0.316. The van der Waals surface area contributed by atoms with E-state index in [0.29, 0.717) is 12.2 Å². The van der Waals surface area contributed by atoms with Gasteiger partial charge in [-0.1, -0.05) is 34.1 Å². The lowest BCUT2D eigenvalue weighted by molar-refractivity contribution is 0.114. The smallest absolute Gasteiger partial charge is 0.175 e. The summed E-state index contributed by atoms with van der Waals surface area (Å²) < 4.78 is 0.835. The van der Waals surface area contributed by atoms with Crippen molar-refractivity contribution in [2.75, 3.05) is 13.2 Å². The number of aliphatic hydroxyl groups is 2. The van der Waals surface area contributed by atoms with Crippen LogP contribution in [0, 0.1) is 0 Å². The van der Waals surface area contributed by atoms with Crippen LogP contribution in [0.25, 0.3) is 0 Å². The zero-order valence-corrected chi connectivity index (χ0v) is 12.1. The van der Waals surface area contributed by atoms with Crippen LogP contribution in [-0.4, -0.2) is 43.6 Å².